The lowest BCUT2D eigenvalue weighted by Crippen LogP contribution is -2.47. The summed E-state index contributed by atoms with van der Waals surface area (Å²) in [6.07, 6.45) is 1.36. The number of H-pyrrole nitrogens is 1. The fourth-order valence-corrected chi connectivity index (χ4v) is 3.89. The number of likely N-dealkylation sites (tertiary alicyclic amines) is 1. The maximum absolute atomic E-state index is 11.6. The third-order valence-electron chi connectivity index (χ3n) is 5.45. The molecule has 0 radical (unpaired) electrons. The number of benzene rings is 3. The Morgan fingerprint density at radius 3 is 2.82 bits per heavy atom. The molecule has 1 aliphatic heterocycles. The molecule has 3 aromatic carbocycles. The molecule has 1 aromatic heterocycles. The minimum atomic E-state index is -0.0184. The zero-order valence-corrected chi connectivity index (χ0v) is 15.2. The molecule has 28 heavy (non-hydrogen) atoms. The summed E-state index contributed by atoms with van der Waals surface area (Å²) in [5.41, 5.74) is 3.89. The van der Waals surface area contributed by atoms with Crippen molar-refractivity contribution in [3.63, 3.8) is 0 Å². The summed E-state index contributed by atoms with van der Waals surface area (Å²) in [6.45, 7) is 4.96. The summed E-state index contributed by atoms with van der Waals surface area (Å²) >= 11 is 0. The van der Waals surface area contributed by atoms with Gasteiger partial charge < -0.3 is 15.0 Å². The zero-order chi connectivity index (χ0) is 19.3. The van der Waals surface area contributed by atoms with E-state index in [-0.39, 0.29) is 11.7 Å². The van der Waals surface area contributed by atoms with Gasteiger partial charge in [0.05, 0.1) is 11.0 Å². The van der Waals surface area contributed by atoms with Gasteiger partial charge in [0.2, 0.25) is 5.91 Å². The van der Waals surface area contributed by atoms with Crippen molar-refractivity contribution in [2.24, 2.45) is 0 Å². The number of imidazole rings is 1. The summed E-state index contributed by atoms with van der Waals surface area (Å²) in [5.74, 6) is 1.26. The Morgan fingerprint density at radius 2 is 2.00 bits per heavy atom. The number of rotatable bonds is 3. The van der Waals surface area contributed by atoms with Gasteiger partial charge in [0, 0.05) is 24.6 Å². The van der Waals surface area contributed by atoms with Gasteiger partial charge in [0.15, 0.2) is 0 Å². The first-order valence-corrected chi connectivity index (χ1v) is 9.25. The van der Waals surface area contributed by atoms with Crippen molar-refractivity contribution in [2.75, 3.05) is 13.1 Å². The third kappa shape index (κ3) is 2.63. The van der Waals surface area contributed by atoms with Crippen LogP contribution in [0.4, 0.5) is 0 Å². The van der Waals surface area contributed by atoms with E-state index in [0.29, 0.717) is 19.0 Å². The summed E-state index contributed by atoms with van der Waals surface area (Å²) in [7, 11) is 0. The molecule has 1 fully saturated rings. The molecule has 0 spiro atoms. The Kier molecular flexibility index (Phi) is 3.69. The molecular formula is C23H19N3O2. The molecule has 4 aromatic rings. The van der Waals surface area contributed by atoms with E-state index in [1.165, 1.54) is 11.6 Å². The molecule has 2 N–H and O–H groups in total. The fourth-order valence-electron chi connectivity index (χ4n) is 3.89. The number of aromatic nitrogens is 2. The second-order valence-corrected chi connectivity index (χ2v) is 7.22. The molecular weight excluding hydrogens is 350 g/mol. The minimum absolute atomic E-state index is 0.0184. The van der Waals surface area contributed by atoms with Crippen LogP contribution in [0, 0.1) is 0 Å². The average molecular weight is 369 g/mol. The number of aromatic hydroxyl groups is 1. The van der Waals surface area contributed by atoms with Crippen molar-refractivity contribution in [1.29, 1.82) is 0 Å². The van der Waals surface area contributed by atoms with Crippen molar-refractivity contribution in [3.05, 3.63) is 72.8 Å². The molecule has 0 unspecified atom stereocenters. The van der Waals surface area contributed by atoms with Crippen LogP contribution in [0.1, 0.15) is 11.5 Å². The number of carbonyl (C=O) groups is 1. The lowest BCUT2D eigenvalue weighted by molar-refractivity contribution is -0.130. The van der Waals surface area contributed by atoms with Crippen LogP contribution in [0.25, 0.3) is 33.2 Å². The van der Waals surface area contributed by atoms with E-state index in [2.05, 4.69) is 23.7 Å². The van der Waals surface area contributed by atoms with Gasteiger partial charge in [-0.05, 0) is 46.7 Å². The summed E-state index contributed by atoms with van der Waals surface area (Å²) in [6, 6.07) is 17.6. The highest BCUT2D eigenvalue weighted by Crippen LogP contribution is 2.33. The van der Waals surface area contributed by atoms with Gasteiger partial charge in [-0.2, -0.15) is 0 Å². The highest BCUT2D eigenvalue weighted by atomic mass is 16.3. The molecule has 1 amide bonds. The van der Waals surface area contributed by atoms with Gasteiger partial charge in [0.1, 0.15) is 11.6 Å². The SMILES string of the molecule is C=CC(=O)N1CC(c2ccc3[nH]c(-c4cc(O)cc5ccccc45)nc3c2)C1. The largest absolute Gasteiger partial charge is 0.508 e. The number of phenolic OH excluding ortho intramolecular Hbond substituents is 1. The Hall–Kier alpha value is -3.60. The number of hydrogen-bond acceptors (Lipinski definition) is 3. The van der Waals surface area contributed by atoms with E-state index in [9.17, 15) is 9.90 Å². The molecule has 1 saturated heterocycles. The molecule has 1 aliphatic rings. The Morgan fingerprint density at radius 1 is 1.18 bits per heavy atom. The van der Waals surface area contributed by atoms with Crippen LogP contribution in [0.5, 0.6) is 5.75 Å². The van der Waals surface area contributed by atoms with Crippen molar-refractivity contribution in [1.82, 2.24) is 14.9 Å². The topological polar surface area (TPSA) is 69.2 Å². The van der Waals surface area contributed by atoms with Crippen LogP contribution in [0.3, 0.4) is 0 Å². The number of aromatic amines is 1. The summed E-state index contributed by atoms with van der Waals surface area (Å²) < 4.78 is 0. The van der Waals surface area contributed by atoms with Gasteiger partial charge in [-0.15, -0.1) is 0 Å². The molecule has 0 bridgehead atoms. The first-order chi connectivity index (χ1) is 13.6. The molecule has 2 heterocycles. The number of amides is 1. The van der Waals surface area contributed by atoms with Crippen LogP contribution in [0.15, 0.2) is 67.3 Å². The first kappa shape index (κ1) is 16.6. The number of fused-ring (bicyclic) bond motifs is 2. The van der Waals surface area contributed by atoms with Crippen molar-refractivity contribution >= 4 is 27.7 Å². The van der Waals surface area contributed by atoms with Gasteiger partial charge >= 0.3 is 0 Å². The standard InChI is InChI=1S/C23H19N3O2/c1-2-22(28)26-12-16(13-26)14-7-8-20-21(10-14)25-23(24-20)19-11-17(27)9-15-5-3-4-6-18(15)19/h2-11,16,27H,1,12-13H2,(H,24,25). The molecule has 5 rings (SSSR count). The highest BCUT2D eigenvalue weighted by molar-refractivity contribution is 5.97. The number of carbonyl (C=O) groups excluding carboxylic acids is 1. The van der Waals surface area contributed by atoms with Crippen molar-refractivity contribution in [2.45, 2.75) is 5.92 Å². The minimum Gasteiger partial charge on any atom is -0.508 e. The number of nitrogens with zero attached hydrogens (tertiary/aromatic N) is 2. The van der Waals surface area contributed by atoms with Crippen LogP contribution in [-0.2, 0) is 4.79 Å². The fraction of sp³-hybridized carbons (Fsp3) is 0.130. The van der Waals surface area contributed by atoms with E-state index in [1.807, 2.05) is 30.3 Å². The predicted octanol–water partition coefficient (Wildman–Crippen LogP) is 4.20. The Labute approximate surface area is 161 Å². The predicted molar refractivity (Wildman–Crippen MR) is 110 cm³/mol. The van der Waals surface area contributed by atoms with Gasteiger partial charge in [0.25, 0.3) is 0 Å². The molecule has 138 valence electrons. The second kappa shape index (κ2) is 6.23. The van der Waals surface area contributed by atoms with E-state index in [4.69, 9.17) is 4.98 Å². The molecule has 0 aliphatic carbocycles. The smallest absolute Gasteiger partial charge is 0.245 e. The quantitative estimate of drug-likeness (QED) is 0.532. The molecule has 0 saturated carbocycles. The zero-order valence-electron chi connectivity index (χ0n) is 15.2. The normalized spacial score (nSPS) is 14.4. The third-order valence-corrected chi connectivity index (χ3v) is 5.45. The maximum atomic E-state index is 11.6. The molecule has 5 heteroatoms. The van der Waals surface area contributed by atoms with E-state index in [0.717, 1.165) is 33.2 Å². The number of hydrogen-bond donors (Lipinski definition) is 2. The molecule has 0 atom stereocenters. The van der Waals surface area contributed by atoms with Crippen molar-refractivity contribution < 1.29 is 9.90 Å². The number of phenols is 1. The first-order valence-electron chi connectivity index (χ1n) is 9.25. The average Bonchev–Trinajstić information content (AvgIpc) is 3.09. The summed E-state index contributed by atoms with van der Waals surface area (Å²) in [4.78, 5) is 21.6. The maximum Gasteiger partial charge on any atom is 0.245 e. The van der Waals surface area contributed by atoms with Crippen LogP contribution < -0.4 is 0 Å². The lowest BCUT2D eigenvalue weighted by atomic mass is 9.91. The van der Waals surface area contributed by atoms with Crippen LogP contribution in [0.2, 0.25) is 0 Å². The van der Waals surface area contributed by atoms with Gasteiger partial charge in [-0.3, -0.25) is 4.79 Å². The van der Waals surface area contributed by atoms with E-state index >= 15 is 0 Å². The van der Waals surface area contributed by atoms with Gasteiger partial charge in [-0.1, -0.05) is 36.9 Å². The Bertz CT molecular complexity index is 1240. The highest BCUT2D eigenvalue weighted by Gasteiger charge is 2.30. The van der Waals surface area contributed by atoms with Gasteiger partial charge in [-0.25, -0.2) is 4.98 Å². The second-order valence-electron chi connectivity index (χ2n) is 7.22. The van der Waals surface area contributed by atoms with Crippen LogP contribution >= 0.6 is 0 Å². The van der Waals surface area contributed by atoms with Crippen molar-refractivity contribution in [3.8, 4) is 17.1 Å². The summed E-state index contributed by atoms with van der Waals surface area (Å²) in [5, 5.41) is 12.1. The molecule has 5 nitrogen and oxygen atoms in total. The van der Waals surface area contributed by atoms with E-state index < -0.39 is 0 Å². The van der Waals surface area contributed by atoms with E-state index in [1.54, 1.807) is 17.0 Å². The monoisotopic (exact) mass is 369 g/mol. The Balaban J connectivity index is 1.52. The number of nitrogens with one attached hydrogen (secondary N) is 1. The van der Waals surface area contributed by atoms with Crippen LogP contribution in [-0.4, -0.2) is 39.0 Å². The lowest BCUT2D eigenvalue weighted by Gasteiger charge is -2.38.